The molecule has 10 heteroatoms. The van der Waals surface area contributed by atoms with Crippen LogP contribution >= 0.6 is 0 Å². The van der Waals surface area contributed by atoms with Gasteiger partial charge in [0, 0.05) is 35.7 Å². The molecule has 2 N–H and O–H groups in total. The van der Waals surface area contributed by atoms with E-state index in [1.54, 1.807) is 24.3 Å². The van der Waals surface area contributed by atoms with Gasteiger partial charge in [-0.2, -0.15) is 0 Å². The first-order valence-electron chi connectivity index (χ1n) is 11.2. The molecular formula is C27H25NO9. The molecule has 0 spiro atoms. The molecule has 2 heterocycles. The number of hydrogen-bond donors (Lipinski definition) is 2. The highest BCUT2D eigenvalue weighted by Crippen LogP contribution is 2.46. The number of benzene rings is 2. The molecule has 1 amide bonds. The molecule has 0 fully saturated rings. The molecule has 4 rings (SSSR count). The zero-order chi connectivity index (χ0) is 26.7. The lowest BCUT2D eigenvalue weighted by molar-refractivity contribution is -0.116. The van der Waals surface area contributed by atoms with Crippen molar-refractivity contribution in [1.82, 2.24) is 0 Å². The summed E-state index contributed by atoms with van der Waals surface area (Å²) in [5.74, 6) is -0.748. The highest BCUT2D eigenvalue weighted by Gasteiger charge is 2.30. The van der Waals surface area contributed by atoms with Gasteiger partial charge < -0.3 is 33.5 Å². The lowest BCUT2D eigenvalue weighted by Gasteiger charge is -2.22. The summed E-state index contributed by atoms with van der Waals surface area (Å²) in [7, 11) is 4.31. The number of amides is 1. The van der Waals surface area contributed by atoms with Gasteiger partial charge in [-0.25, -0.2) is 4.79 Å². The van der Waals surface area contributed by atoms with E-state index in [9.17, 15) is 19.5 Å². The number of fused-ring (bicyclic) bond motifs is 1. The van der Waals surface area contributed by atoms with E-state index in [1.165, 1.54) is 52.7 Å². The molecule has 192 valence electrons. The maximum absolute atomic E-state index is 13.2. The fourth-order valence-corrected chi connectivity index (χ4v) is 4.25. The Bertz CT molecular complexity index is 1590. The van der Waals surface area contributed by atoms with Crippen LogP contribution in [0.15, 0.2) is 67.2 Å². The third-order valence-electron chi connectivity index (χ3n) is 5.88. The second kappa shape index (κ2) is 10.5. The van der Waals surface area contributed by atoms with Gasteiger partial charge in [0.25, 0.3) is 0 Å². The first-order valence-corrected chi connectivity index (χ1v) is 11.2. The smallest absolute Gasteiger partial charge is 0.343 e. The lowest BCUT2D eigenvalue weighted by atomic mass is 9.87. The Morgan fingerprint density at radius 2 is 1.76 bits per heavy atom. The number of rotatable bonds is 8. The Hall–Kier alpha value is -4.73. The van der Waals surface area contributed by atoms with E-state index < -0.39 is 17.5 Å². The van der Waals surface area contributed by atoms with Gasteiger partial charge in [0.1, 0.15) is 17.1 Å². The molecule has 4 aromatic rings. The van der Waals surface area contributed by atoms with Crippen molar-refractivity contribution in [1.29, 1.82) is 0 Å². The van der Waals surface area contributed by atoms with E-state index in [4.69, 9.17) is 23.0 Å². The quantitative estimate of drug-likeness (QED) is 0.363. The number of hydrogen-bond acceptors (Lipinski definition) is 9. The molecule has 10 nitrogen and oxygen atoms in total. The van der Waals surface area contributed by atoms with E-state index in [1.807, 2.05) is 0 Å². The number of methoxy groups -OCH3 is 3. The summed E-state index contributed by atoms with van der Waals surface area (Å²) < 4.78 is 26.9. The van der Waals surface area contributed by atoms with Crippen molar-refractivity contribution >= 4 is 22.6 Å². The second-order valence-corrected chi connectivity index (χ2v) is 8.17. The minimum atomic E-state index is -0.989. The Morgan fingerprint density at radius 1 is 1.00 bits per heavy atom. The first kappa shape index (κ1) is 25.4. The summed E-state index contributed by atoms with van der Waals surface area (Å²) in [6, 6.07) is 10.5. The van der Waals surface area contributed by atoms with Crippen molar-refractivity contribution < 1.29 is 32.9 Å². The van der Waals surface area contributed by atoms with E-state index in [0.717, 1.165) is 0 Å². The van der Waals surface area contributed by atoms with E-state index in [0.29, 0.717) is 28.0 Å². The molecule has 37 heavy (non-hydrogen) atoms. The Balaban J connectivity index is 1.79. The summed E-state index contributed by atoms with van der Waals surface area (Å²) in [4.78, 5) is 38.3. The molecular weight excluding hydrogens is 482 g/mol. The average Bonchev–Trinajstić information content (AvgIpc) is 2.87. The van der Waals surface area contributed by atoms with Crippen LogP contribution in [0.25, 0.3) is 11.0 Å². The van der Waals surface area contributed by atoms with Crippen molar-refractivity contribution in [2.24, 2.45) is 0 Å². The number of anilines is 1. The fourth-order valence-electron chi connectivity index (χ4n) is 4.25. The molecule has 0 saturated heterocycles. The van der Waals surface area contributed by atoms with Crippen molar-refractivity contribution in [3.8, 4) is 23.0 Å². The topological polar surface area (TPSA) is 137 Å². The molecule has 0 bridgehead atoms. The molecule has 0 aliphatic heterocycles. The van der Waals surface area contributed by atoms with Crippen LogP contribution in [-0.4, -0.2) is 32.3 Å². The zero-order valence-electron chi connectivity index (χ0n) is 20.6. The minimum absolute atomic E-state index is 0.120. The molecule has 0 unspecified atom stereocenters. The standard InChI is InChI=1S/C27H25NO9/c1-14-11-20(30)24(27(32)37-14)17(16-6-8-22(33-2)26(35-4)25(16)34-3)13-23(31)28-15-5-7-21-18(12-15)19(29)9-10-36-21/h5-12,17,30H,13H2,1-4H3,(H,28,31)/t17-/m0/s1. The number of nitrogens with one attached hydrogen (secondary N) is 1. The lowest BCUT2D eigenvalue weighted by Crippen LogP contribution is -2.21. The van der Waals surface area contributed by atoms with Crippen LogP contribution in [0.1, 0.15) is 29.2 Å². The Labute approximate surface area is 211 Å². The van der Waals surface area contributed by atoms with Crippen LogP contribution in [0.2, 0.25) is 0 Å². The van der Waals surface area contributed by atoms with Gasteiger partial charge >= 0.3 is 5.63 Å². The van der Waals surface area contributed by atoms with Gasteiger partial charge in [-0.15, -0.1) is 0 Å². The van der Waals surface area contributed by atoms with Crippen LogP contribution in [-0.2, 0) is 4.79 Å². The van der Waals surface area contributed by atoms with E-state index >= 15 is 0 Å². The zero-order valence-corrected chi connectivity index (χ0v) is 20.6. The minimum Gasteiger partial charge on any atom is -0.507 e. The number of carbonyl (C=O) groups is 1. The third kappa shape index (κ3) is 4.99. The van der Waals surface area contributed by atoms with E-state index in [2.05, 4.69) is 5.32 Å². The van der Waals surface area contributed by atoms with Crippen LogP contribution in [0.4, 0.5) is 5.69 Å². The van der Waals surface area contributed by atoms with Crippen molar-refractivity contribution in [2.45, 2.75) is 19.3 Å². The van der Waals surface area contributed by atoms with Crippen LogP contribution in [0.3, 0.4) is 0 Å². The number of aromatic hydroxyl groups is 1. The molecule has 0 radical (unpaired) electrons. The first-order chi connectivity index (χ1) is 17.8. The third-order valence-corrected chi connectivity index (χ3v) is 5.88. The maximum atomic E-state index is 13.2. The molecule has 2 aromatic heterocycles. The average molecular weight is 507 g/mol. The Morgan fingerprint density at radius 3 is 2.43 bits per heavy atom. The largest absolute Gasteiger partial charge is 0.507 e. The van der Waals surface area contributed by atoms with Crippen molar-refractivity contribution in [2.75, 3.05) is 26.6 Å². The van der Waals surface area contributed by atoms with Gasteiger partial charge in [-0.3, -0.25) is 9.59 Å². The Kier molecular flexibility index (Phi) is 7.19. The summed E-state index contributed by atoms with van der Waals surface area (Å²) in [6.07, 6.45) is 1.01. The van der Waals surface area contributed by atoms with Gasteiger partial charge in [0.2, 0.25) is 11.7 Å². The predicted octanol–water partition coefficient (Wildman–Crippen LogP) is 3.95. The van der Waals surface area contributed by atoms with Crippen molar-refractivity contribution in [3.63, 3.8) is 0 Å². The predicted molar refractivity (Wildman–Crippen MR) is 135 cm³/mol. The number of carbonyl (C=O) groups excluding carboxylic acids is 1. The summed E-state index contributed by atoms with van der Waals surface area (Å²) in [5, 5.41) is 13.8. The highest BCUT2D eigenvalue weighted by molar-refractivity contribution is 5.94. The number of aryl methyl sites for hydroxylation is 1. The van der Waals surface area contributed by atoms with Crippen LogP contribution in [0, 0.1) is 6.92 Å². The monoisotopic (exact) mass is 507 g/mol. The second-order valence-electron chi connectivity index (χ2n) is 8.17. The van der Waals surface area contributed by atoms with Gasteiger partial charge in [0.05, 0.1) is 38.5 Å². The van der Waals surface area contributed by atoms with Gasteiger partial charge in [-0.1, -0.05) is 6.07 Å². The maximum Gasteiger partial charge on any atom is 0.343 e. The van der Waals surface area contributed by atoms with Crippen LogP contribution in [0.5, 0.6) is 23.0 Å². The SMILES string of the molecule is COc1ccc([C@H](CC(=O)Nc2ccc3occc(=O)c3c2)c2c(O)cc(C)oc2=O)c(OC)c1OC. The molecule has 1 atom stereocenters. The molecule has 0 aliphatic carbocycles. The summed E-state index contributed by atoms with van der Waals surface area (Å²) in [5.41, 5.74) is -0.0518. The van der Waals surface area contributed by atoms with Gasteiger partial charge in [-0.05, 0) is 31.2 Å². The van der Waals surface area contributed by atoms with Crippen molar-refractivity contribution in [3.05, 3.63) is 86.3 Å². The normalized spacial score (nSPS) is 11.7. The fraction of sp³-hybridized carbons (Fsp3) is 0.222. The van der Waals surface area contributed by atoms with E-state index in [-0.39, 0.29) is 40.4 Å². The van der Waals surface area contributed by atoms with Gasteiger partial charge in [0.15, 0.2) is 16.9 Å². The summed E-state index contributed by atoms with van der Waals surface area (Å²) in [6.45, 7) is 1.53. The highest BCUT2D eigenvalue weighted by atomic mass is 16.5. The molecule has 0 aliphatic rings. The molecule has 2 aromatic carbocycles. The summed E-state index contributed by atoms with van der Waals surface area (Å²) >= 11 is 0. The van der Waals surface area contributed by atoms with Crippen LogP contribution < -0.4 is 30.6 Å². The number of ether oxygens (including phenoxy) is 3. The molecule has 0 saturated carbocycles.